The second-order valence-corrected chi connectivity index (χ2v) is 4.11. The molecule has 84 valence electrons. The molecule has 1 aliphatic heterocycles. The van der Waals surface area contributed by atoms with E-state index in [0.29, 0.717) is 12.8 Å². The number of likely N-dealkylation sites (tertiary alicyclic amines) is 1. The number of nitrogens with zero attached hydrogens (tertiary/aromatic N) is 1. The molecular weight excluding hydrogens is 194 g/mol. The summed E-state index contributed by atoms with van der Waals surface area (Å²) in [7, 11) is 0. The van der Waals surface area contributed by atoms with Gasteiger partial charge in [-0.25, -0.2) is 9.69 Å². The minimum Gasteiger partial charge on any atom is -0.465 e. The summed E-state index contributed by atoms with van der Waals surface area (Å²) < 4.78 is 0. The van der Waals surface area contributed by atoms with Gasteiger partial charge in [0.05, 0.1) is 0 Å². The zero-order valence-electron chi connectivity index (χ0n) is 8.98. The molecule has 1 N–H and O–H groups in total. The molecule has 4 heteroatoms. The van der Waals surface area contributed by atoms with Crippen LogP contribution >= 0.6 is 0 Å². The topological polar surface area (TPSA) is 57.6 Å². The molecule has 1 saturated heterocycles. The fraction of sp³-hybridized carbons (Fsp3) is 0.636. The highest BCUT2D eigenvalue weighted by Gasteiger charge is 2.32. The predicted molar refractivity (Wildman–Crippen MR) is 56.5 cm³/mol. The number of carbonyl (C=O) groups excluding carboxylic acids is 1. The summed E-state index contributed by atoms with van der Waals surface area (Å²) in [5, 5.41) is 8.99. The van der Waals surface area contributed by atoms with Crippen LogP contribution in [0.25, 0.3) is 0 Å². The Morgan fingerprint density at radius 3 is 2.87 bits per heavy atom. The molecule has 2 atom stereocenters. The maximum atomic E-state index is 11.7. The molecule has 0 radical (unpaired) electrons. The van der Waals surface area contributed by atoms with Gasteiger partial charge in [-0.05, 0) is 25.2 Å². The Hall–Kier alpha value is -1.32. The highest BCUT2D eigenvalue weighted by atomic mass is 16.4. The lowest BCUT2D eigenvalue weighted by molar-refractivity contribution is -0.130. The van der Waals surface area contributed by atoms with Crippen LogP contribution in [0.15, 0.2) is 12.7 Å². The third-order valence-electron chi connectivity index (χ3n) is 2.79. The Bertz CT molecular complexity index is 275. The maximum absolute atomic E-state index is 11.7. The normalized spacial score (nSPS) is 27.3. The van der Waals surface area contributed by atoms with Gasteiger partial charge in [0.1, 0.15) is 0 Å². The van der Waals surface area contributed by atoms with E-state index in [0.717, 1.165) is 17.7 Å². The Kier molecular flexibility index (Phi) is 3.88. The summed E-state index contributed by atoms with van der Waals surface area (Å²) in [6.07, 6.45) is 3.05. The van der Waals surface area contributed by atoms with Gasteiger partial charge in [-0.3, -0.25) is 4.79 Å². The average molecular weight is 211 g/mol. The lowest BCUT2D eigenvalue weighted by Gasteiger charge is -2.24. The molecule has 1 heterocycles. The van der Waals surface area contributed by atoms with Gasteiger partial charge in [0.25, 0.3) is 0 Å². The highest BCUT2D eigenvalue weighted by molar-refractivity contribution is 5.91. The number of amides is 2. The van der Waals surface area contributed by atoms with Crippen molar-refractivity contribution in [1.29, 1.82) is 0 Å². The van der Waals surface area contributed by atoms with E-state index in [2.05, 4.69) is 6.58 Å². The zero-order chi connectivity index (χ0) is 11.4. The molecule has 0 aromatic carbocycles. The van der Waals surface area contributed by atoms with Gasteiger partial charge in [-0.15, -0.1) is 6.58 Å². The van der Waals surface area contributed by atoms with Crippen LogP contribution in [0.3, 0.4) is 0 Å². The van der Waals surface area contributed by atoms with Gasteiger partial charge in [-0.1, -0.05) is 13.0 Å². The second kappa shape index (κ2) is 4.96. The van der Waals surface area contributed by atoms with E-state index in [4.69, 9.17) is 5.11 Å². The Morgan fingerprint density at radius 1 is 1.67 bits per heavy atom. The summed E-state index contributed by atoms with van der Waals surface area (Å²) in [6, 6.07) is -0.225. The first-order chi connectivity index (χ1) is 7.06. The number of hydrogen-bond donors (Lipinski definition) is 1. The predicted octanol–water partition coefficient (Wildman–Crippen LogP) is 2.26. The van der Waals surface area contributed by atoms with Gasteiger partial charge < -0.3 is 5.11 Å². The molecule has 4 nitrogen and oxygen atoms in total. The van der Waals surface area contributed by atoms with Crippen molar-refractivity contribution in [3.63, 3.8) is 0 Å². The van der Waals surface area contributed by atoms with Crippen molar-refractivity contribution in [3.8, 4) is 0 Å². The minimum atomic E-state index is -1.14. The number of imide groups is 1. The van der Waals surface area contributed by atoms with Crippen LogP contribution in [0.5, 0.6) is 0 Å². The third kappa shape index (κ3) is 2.81. The Morgan fingerprint density at radius 2 is 2.33 bits per heavy atom. The first-order valence-corrected chi connectivity index (χ1v) is 5.22. The molecule has 1 fully saturated rings. The van der Waals surface area contributed by atoms with Crippen LogP contribution in [0.4, 0.5) is 4.79 Å². The zero-order valence-corrected chi connectivity index (χ0v) is 8.98. The molecule has 15 heavy (non-hydrogen) atoms. The van der Waals surface area contributed by atoms with Gasteiger partial charge in [0.2, 0.25) is 5.91 Å². The highest BCUT2D eigenvalue weighted by Crippen LogP contribution is 2.24. The van der Waals surface area contributed by atoms with Crippen LogP contribution in [0.1, 0.15) is 32.6 Å². The van der Waals surface area contributed by atoms with E-state index in [9.17, 15) is 9.59 Å². The summed E-state index contributed by atoms with van der Waals surface area (Å²) in [5.41, 5.74) is 0. The van der Waals surface area contributed by atoms with E-state index in [1.165, 1.54) is 0 Å². The van der Waals surface area contributed by atoms with Crippen LogP contribution in [0, 0.1) is 5.92 Å². The molecule has 2 amide bonds. The molecule has 0 aliphatic carbocycles. The minimum absolute atomic E-state index is 0.225. The first-order valence-electron chi connectivity index (χ1n) is 5.22. The van der Waals surface area contributed by atoms with Crippen molar-refractivity contribution in [3.05, 3.63) is 12.7 Å². The summed E-state index contributed by atoms with van der Waals surface area (Å²) in [4.78, 5) is 23.6. The molecule has 0 spiro atoms. The smallest absolute Gasteiger partial charge is 0.414 e. The van der Waals surface area contributed by atoms with Crippen molar-refractivity contribution in [1.82, 2.24) is 4.90 Å². The van der Waals surface area contributed by atoms with Crippen molar-refractivity contribution >= 4 is 12.0 Å². The van der Waals surface area contributed by atoms with Gasteiger partial charge in [-0.2, -0.15) is 0 Å². The average Bonchev–Trinajstić information content (AvgIpc) is 2.25. The molecule has 0 bridgehead atoms. The van der Waals surface area contributed by atoms with E-state index < -0.39 is 6.09 Å². The molecule has 0 aromatic heterocycles. The first kappa shape index (κ1) is 11.8. The lowest BCUT2D eigenvalue weighted by Crippen LogP contribution is -2.42. The number of rotatable bonds is 2. The summed E-state index contributed by atoms with van der Waals surface area (Å²) in [5.74, 6) is -0.00600. The SMILES string of the molecule is C=CCC1CCC(C)CC(=O)N1C(=O)O. The largest absolute Gasteiger partial charge is 0.465 e. The maximum Gasteiger partial charge on any atom is 0.414 e. The van der Waals surface area contributed by atoms with Crippen LogP contribution in [-0.4, -0.2) is 28.0 Å². The van der Waals surface area contributed by atoms with Crippen LogP contribution < -0.4 is 0 Å². The molecule has 1 aliphatic rings. The lowest BCUT2D eigenvalue weighted by atomic mass is 10.0. The second-order valence-electron chi connectivity index (χ2n) is 4.11. The van der Waals surface area contributed by atoms with Gasteiger partial charge >= 0.3 is 6.09 Å². The van der Waals surface area contributed by atoms with Gasteiger partial charge in [0, 0.05) is 12.5 Å². The third-order valence-corrected chi connectivity index (χ3v) is 2.79. The number of carboxylic acid groups (broad SMARTS) is 1. The van der Waals surface area contributed by atoms with E-state index in [-0.39, 0.29) is 17.9 Å². The van der Waals surface area contributed by atoms with Crippen molar-refractivity contribution in [2.75, 3.05) is 0 Å². The number of hydrogen-bond acceptors (Lipinski definition) is 2. The Labute approximate surface area is 89.6 Å². The van der Waals surface area contributed by atoms with E-state index >= 15 is 0 Å². The monoisotopic (exact) mass is 211 g/mol. The molecule has 0 aromatic rings. The quantitative estimate of drug-likeness (QED) is 0.713. The Balaban J connectivity index is 2.85. The summed E-state index contributed by atoms with van der Waals surface area (Å²) >= 11 is 0. The van der Waals surface area contributed by atoms with Crippen molar-refractivity contribution in [2.24, 2.45) is 5.92 Å². The van der Waals surface area contributed by atoms with Crippen molar-refractivity contribution in [2.45, 2.75) is 38.6 Å². The molecule has 0 saturated carbocycles. The van der Waals surface area contributed by atoms with Crippen LogP contribution in [0.2, 0.25) is 0 Å². The van der Waals surface area contributed by atoms with E-state index in [1.54, 1.807) is 6.08 Å². The van der Waals surface area contributed by atoms with Gasteiger partial charge in [0.15, 0.2) is 0 Å². The standard InChI is InChI=1S/C11H17NO3/c1-3-4-9-6-5-8(2)7-10(13)12(9)11(14)15/h3,8-9H,1,4-7H2,2H3,(H,14,15). The van der Waals surface area contributed by atoms with E-state index in [1.807, 2.05) is 6.92 Å². The molecule has 2 unspecified atom stereocenters. The van der Waals surface area contributed by atoms with Crippen LogP contribution in [-0.2, 0) is 4.79 Å². The fourth-order valence-corrected chi connectivity index (χ4v) is 1.99. The number of carbonyl (C=O) groups is 2. The fourth-order valence-electron chi connectivity index (χ4n) is 1.99. The molecule has 1 rings (SSSR count). The summed E-state index contributed by atoms with van der Waals surface area (Å²) in [6.45, 7) is 5.57. The molecular formula is C11H17NO3. The van der Waals surface area contributed by atoms with Crippen molar-refractivity contribution < 1.29 is 14.7 Å².